The summed E-state index contributed by atoms with van der Waals surface area (Å²) in [4.78, 5) is 6.13. The summed E-state index contributed by atoms with van der Waals surface area (Å²) < 4.78 is 17.4. The van der Waals surface area contributed by atoms with Gasteiger partial charge >= 0.3 is 0 Å². The van der Waals surface area contributed by atoms with E-state index >= 15 is 0 Å². The molecule has 4 heterocycles. The third kappa shape index (κ3) is 4.05. The molecule has 0 bridgehead atoms. The van der Waals surface area contributed by atoms with Crippen LogP contribution in [0.25, 0.3) is 0 Å². The van der Waals surface area contributed by atoms with Gasteiger partial charge in [-0.05, 0) is 55.7 Å². The van der Waals surface area contributed by atoms with Gasteiger partial charge < -0.3 is 14.2 Å². The fourth-order valence-electron chi connectivity index (χ4n) is 4.74. The Hall–Kier alpha value is -1.43. The predicted molar refractivity (Wildman–Crippen MR) is 108 cm³/mol. The van der Waals surface area contributed by atoms with Gasteiger partial charge in [0.15, 0.2) is 0 Å². The van der Waals surface area contributed by atoms with Gasteiger partial charge in [-0.2, -0.15) is 0 Å². The fraction of sp³-hybridized carbons (Fsp3) is 0.591. The zero-order valence-corrected chi connectivity index (χ0v) is 16.9. The minimum Gasteiger partial charge on any atom is -0.496 e. The first-order valence-electron chi connectivity index (χ1n) is 9.99. The summed E-state index contributed by atoms with van der Waals surface area (Å²) in [5.41, 5.74) is 1.23. The maximum atomic E-state index is 6.23. The highest BCUT2D eigenvalue weighted by Crippen LogP contribution is 2.47. The lowest BCUT2D eigenvalue weighted by Gasteiger charge is -2.45. The summed E-state index contributed by atoms with van der Waals surface area (Å²) >= 11 is 1.80. The monoisotopic (exact) mass is 387 g/mol. The number of hydrogen-bond acceptors (Lipinski definition) is 5. The molecule has 0 saturated carbocycles. The van der Waals surface area contributed by atoms with Crippen LogP contribution < -0.4 is 4.74 Å². The van der Waals surface area contributed by atoms with Crippen LogP contribution in [-0.2, 0) is 21.3 Å². The van der Waals surface area contributed by atoms with Crippen LogP contribution in [0.4, 0.5) is 0 Å². The molecule has 2 fully saturated rings. The number of thiophene rings is 1. The Bertz CT molecular complexity index is 726. The highest BCUT2D eigenvalue weighted by Gasteiger charge is 2.49. The van der Waals surface area contributed by atoms with Crippen LogP contribution in [0.1, 0.15) is 49.1 Å². The Morgan fingerprint density at radius 3 is 2.93 bits per heavy atom. The largest absolute Gasteiger partial charge is 0.496 e. The zero-order valence-electron chi connectivity index (χ0n) is 16.1. The Labute approximate surface area is 165 Å². The molecule has 0 unspecified atom stereocenters. The van der Waals surface area contributed by atoms with E-state index in [2.05, 4.69) is 23.6 Å². The molecule has 0 radical (unpaired) electrons. The van der Waals surface area contributed by atoms with Crippen molar-refractivity contribution in [3.63, 3.8) is 0 Å². The number of methoxy groups -OCH3 is 1. The average molecular weight is 388 g/mol. The Morgan fingerprint density at radius 2 is 2.15 bits per heavy atom. The number of hydrogen-bond donors (Lipinski definition) is 0. The summed E-state index contributed by atoms with van der Waals surface area (Å²) in [6.45, 7) is 2.35. The molecular weight excluding hydrogens is 358 g/mol. The molecule has 1 spiro atoms. The molecule has 146 valence electrons. The van der Waals surface area contributed by atoms with Crippen molar-refractivity contribution in [1.29, 1.82) is 0 Å². The highest BCUT2D eigenvalue weighted by atomic mass is 32.1. The van der Waals surface area contributed by atoms with Crippen molar-refractivity contribution in [3.05, 3.63) is 46.4 Å². The zero-order chi connectivity index (χ0) is 18.6. The first-order chi connectivity index (χ1) is 13.3. The third-order valence-electron chi connectivity index (χ3n) is 6.16. The summed E-state index contributed by atoms with van der Waals surface area (Å²) in [7, 11) is 1.76. The van der Waals surface area contributed by atoms with Gasteiger partial charge in [0.25, 0.3) is 0 Å². The van der Waals surface area contributed by atoms with E-state index in [1.165, 1.54) is 23.4 Å². The number of ether oxygens (including phenoxy) is 3. The van der Waals surface area contributed by atoms with Crippen molar-refractivity contribution in [3.8, 4) is 5.75 Å². The topological polar surface area (TPSA) is 40.6 Å². The van der Waals surface area contributed by atoms with Crippen molar-refractivity contribution in [2.45, 2.75) is 56.0 Å². The normalized spacial score (nSPS) is 27.9. The van der Waals surface area contributed by atoms with Gasteiger partial charge in [0.2, 0.25) is 0 Å². The number of nitrogens with zero attached hydrogens (tertiary/aromatic N) is 1. The minimum absolute atomic E-state index is 0.104. The second-order valence-corrected chi connectivity index (χ2v) is 8.88. The number of rotatable bonds is 7. The maximum absolute atomic E-state index is 6.23. The molecule has 0 N–H and O–H groups in total. The molecule has 2 aromatic heterocycles. The average Bonchev–Trinajstić information content (AvgIpc) is 3.35. The molecule has 2 aliphatic rings. The second-order valence-electron chi connectivity index (χ2n) is 7.88. The van der Waals surface area contributed by atoms with Crippen LogP contribution in [0.3, 0.4) is 0 Å². The summed E-state index contributed by atoms with van der Waals surface area (Å²) in [6, 6.07) is 8.40. The molecule has 2 saturated heterocycles. The molecular formula is C22H29NO3S. The van der Waals surface area contributed by atoms with Crippen molar-refractivity contribution in [2.75, 3.05) is 26.9 Å². The van der Waals surface area contributed by atoms with E-state index in [4.69, 9.17) is 19.2 Å². The van der Waals surface area contributed by atoms with Crippen molar-refractivity contribution in [1.82, 2.24) is 4.98 Å². The van der Waals surface area contributed by atoms with Gasteiger partial charge in [-0.25, -0.2) is 0 Å². The van der Waals surface area contributed by atoms with Crippen molar-refractivity contribution >= 4 is 11.3 Å². The summed E-state index contributed by atoms with van der Waals surface area (Å²) in [5.74, 6) is 1.03. The van der Waals surface area contributed by atoms with Crippen LogP contribution in [0, 0.1) is 0 Å². The first-order valence-corrected chi connectivity index (χ1v) is 10.9. The van der Waals surface area contributed by atoms with Crippen LogP contribution >= 0.6 is 11.3 Å². The van der Waals surface area contributed by atoms with Crippen LogP contribution in [0.5, 0.6) is 5.75 Å². The van der Waals surface area contributed by atoms with E-state index in [9.17, 15) is 0 Å². The van der Waals surface area contributed by atoms with Crippen LogP contribution in [0.2, 0.25) is 0 Å². The fourth-order valence-corrected chi connectivity index (χ4v) is 5.62. The van der Waals surface area contributed by atoms with E-state index in [0.29, 0.717) is 0 Å². The Balaban J connectivity index is 1.46. The summed E-state index contributed by atoms with van der Waals surface area (Å²) in [5, 5.41) is 2.12. The van der Waals surface area contributed by atoms with E-state index in [1.54, 1.807) is 18.4 Å². The molecule has 0 aliphatic carbocycles. The molecule has 2 aromatic rings. The molecule has 2 atom stereocenters. The lowest BCUT2D eigenvalue weighted by atomic mass is 9.67. The smallest absolute Gasteiger partial charge is 0.132 e. The van der Waals surface area contributed by atoms with Gasteiger partial charge in [0.1, 0.15) is 5.75 Å². The van der Waals surface area contributed by atoms with Gasteiger partial charge in [0.05, 0.1) is 19.3 Å². The molecule has 4 nitrogen and oxygen atoms in total. The highest BCUT2D eigenvalue weighted by molar-refractivity contribution is 7.10. The maximum Gasteiger partial charge on any atom is 0.132 e. The number of aryl methyl sites for hydroxylation is 1. The standard InChI is InChI=1S/C22H29NO3S/c1-24-18-8-15-27-19(18)6-2-4-9-21(20-7-3-5-12-23-20)10-14-26-22(16-21)11-13-25-17-22/h3,5,7-8,12,15H,2,4,6,9-11,13-14,16-17H2,1H3/t21-,22+/m0/s1. The van der Waals surface area contributed by atoms with E-state index in [0.717, 1.165) is 57.7 Å². The number of aromatic nitrogens is 1. The van der Waals surface area contributed by atoms with E-state index in [-0.39, 0.29) is 11.0 Å². The second kappa shape index (κ2) is 8.29. The van der Waals surface area contributed by atoms with Gasteiger partial charge in [-0.3, -0.25) is 4.98 Å². The molecule has 5 heteroatoms. The summed E-state index contributed by atoms with van der Waals surface area (Å²) in [6.07, 6.45) is 9.62. The minimum atomic E-state index is -0.104. The lowest BCUT2D eigenvalue weighted by molar-refractivity contribution is -0.109. The molecule has 0 aromatic carbocycles. The number of unbranched alkanes of at least 4 members (excludes halogenated alkanes) is 1. The Kier molecular flexibility index (Phi) is 5.81. The van der Waals surface area contributed by atoms with Crippen molar-refractivity contribution in [2.24, 2.45) is 0 Å². The third-order valence-corrected chi connectivity index (χ3v) is 7.12. The molecule has 4 rings (SSSR count). The van der Waals surface area contributed by atoms with Gasteiger partial charge in [0, 0.05) is 41.8 Å². The van der Waals surface area contributed by atoms with Gasteiger partial charge in [-0.15, -0.1) is 11.3 Å². The molecule has 2 aliphatic heterocycles. The number of pyridine rings is 1. The quantitative estimate of drug-likeness (QED) is 0.642. The SMILES string of the molecule is COc1ccsc1CCCC[C@]1(c2ccccn2)CCO[C@]2(CCOC2)C1. The Morgan fingerprint density at radius 1 is 1.19 bits per heavy atom. The first kappa shape index (κ1) is 18.9. The van der Waals surface area contributed by atoms with Crippen LogP contribution in [0.15, 0.2) is 35.8 Å². The molecule has 0 amide bonds. The lowest BCUT2D eigenvalue weighted by Crippen LogP contribution is -2.48. The van der Waals surface area contributed by atoms with Gasteiger partial charge in [-0.1, -0.05) is 12.5 Å². The van der Waals surface area contributed by atoms with E-state index < -0.39 is 0 Å². The van der Waals surface area contributed by atoms with Crippen molar-refractivity contribution < 1.29 is 14.2 Å². The van der Waals surface area contributed by atoms with E-state index in [1.807, 2.05) is 12.3 Å². The predicted octanol–water partition coefficient (Wildman–Crippen LogP) is 4.77. The molecule has 27 heavy (non-hydrogen) atoms. The van der Waals surface area contributed by atoms with Crippen LogP contribution in [-0.4, -0.2) is 37.5 Å².